The van der Waals surface area contributed by atoms with Crippen LogP contribution in [0.4, 0.5) is 10.1 Å². The molecule has 3 heterocycles. The number of carbonyl (C=O) groups excluding carboxylic acids is 1. The molecule has 2 aromatic carbocycles. The number of aromatic nitrogens is 3. The van der Waals surface area contributed by atoms with E-state index in [1.165, 1.54) is 6.07 Å². The summed E-state index contributed by atoms with van der Waals surface area (Å²) in [5.41, 5.74) is 11.0. The van der Waals surface area contributed by atoms with Crippen LogP contribution in [-0.2, 0) is 0 Å². The number of para-hydroxylation sites is 1. The average Bonchev–Trinajstić information content (AvgIpc) is 3.05. The first kappa shape index (κ1) is 16.4. The van der Waals surface area contributed by atoms with Gasteiger partial charge in [-0.3, -0.25) is 4.79 Å². The van der Waals surface area contributed by atoms with Gasteiger partial charge in [0.1, 0.15) is 5.82 Å². The van der Waals surface area contributed by atoms with Gasteiger partial charge in [-0.25, -0.2) is 4.39 Å². The molecular weight excluding hydrogens is 357 g/mol. The molecule has 6 nitrogen and oxygen atoms in total. The molecule has 1 atom stereocenters. The second kappa shape index (κ2) is 5.88. The fourth-order valence-corrected chi connectivity index (χ4v) is 3.87. The molecule has 2 aromatic heterocycles. The number of hydrogen-bond donors (Lipinski definition) is 3. The number of hydrogen-bond acceptors (Lipinski definition) is 4. The molecule has 138 valence electrons. The van der Waals surface area contributed by atoms with Gasteiger partial charge in [0.05, 0.1) is 6.04 Å². The van der Waals surface area contributed by atoms with Crippen molar-refractivity contribution in [1.29, 1.82) is 0 Å². The zero-order valence-corrected chi connectivity index (χ0v) is 15.0. The SMILES string of the molecule is Cc1cc(C2Nc3ccccc3-c3c(C(N)=O)nnc4[nH]cc2c34)ccc1F. The van der Waals surface area contributed by atoms with Crippen LogP contribution in [0.2, 0.25) is 0 Å². The third-order valence-corrected chi connectivity index (χ3v) is 5.18. The van der Waals surface area contributed by atoms with Crippen molar-refractivity contribution < 1.29 is 9.18 Å². The van der Waals surface area contributed by atoms with E-state index in [1.807, 2.05) is 36.5 Å². The lowest BCUT2D eigenvalue weighted by atomic mass is 9.95. The van der Waals surface area contributed by atoms with Crippen LogP contribution in [-0.4, -0.2) is 21.1 Å². The lowest BCUT2D eigenvalue weighted by Gasteiger charge is -2.20. The fraction of sp³-hybridized carbons (Fsp3) is 0.0952. The minimum Gasteiger partial charge on any atom is -0.374 e. The first-order chi connectivity index (χ1) is 13.5. The van der Waals surface area contributed by atoms with E-state index in [0.29, 0.717) is 16.8 Å². The molecule has 1 amide bonds. The van der Waals surface area contributed by atoms with E-state index in [0.717, 1.165) is 27.8 Å². The van der Waals surface area contributed by atoms with Crippen molar-refractivity contribution in [2.45, 2.75) is 13.0 Å². The fourth-order valence-electron chi connectivity index (χ4n) is 3.87. The van der Waals surface area contributed by atoms with E-state index in [9.17, 15) is 9.18 Å². The molecule has 0 spiro atoms. The Hall–Kier alpha value is -3.74. The van der Waals surface area contributed by atoms with Crippen molar-refractivity contribution >= 4 is 22.6 Å². The second-order valence-electron chi connectivity index (χ2n) is 6.89. The monoisotopic (exact) mass is 373 g/mol. The van der Waals surface area contributed by atoms with Crippen molar-refractivity contribution in [2.75, 3.05) is 5.32 Å². The molecule has 0 saturated heterocycles. The zero-order valence-electron chi connectivity index (χ0n) is 15.0. The Bertz CT molecular complexity index is 1260. The van der Waals surface area contributed by atoms with Crippen LogP contribution in [0, 0.1) is 12.7 Å². The number of nitrogens with two attached hydrogens (primary N) is 1. The summed E-state index contributed by atoms with van der Waals surface area (Å²) in [7, 11) is 0. The predicted molar refractivity (Wildman–Crippen MR) is 104 cm³/mol. The van der Waals surface area contributed by atoms with Gasteiger partial charge < -0.3 is 16.0 Å². The summed E-state index contributed by atoms with van der Waals surface area (Å²) >= 11 is 0. The molecule has 7 heteroatoms. The molecule has 1 aliphatic rings. The highest BCUT2D eigenvalue weighted by molar-refractivity contribution is 6.10. The molecule has 0 radical (unpaired) electrons. The lowest BCUT2D eigenvalue weighted by Crippen LogP contribution is -2.15. The Labute approximate surface area is 159 Å². The summed E-state index contributed by atoms with van der Waals surface area (Å²) in [6, 6.07) is 12.4. The Kier molecular flexibility index (Phi) is 3.45. The molecule has 5 rings (SSSR count). The number of amides is 1. The van der Waals surface area contributed by atoms with Crippen LogP contribution in [0.1, 0.15) is 33.2 Å². The van der Waals surface area contributed by atoms with Crippen molar-refractivity contribution in [3.8, 4) is 11.1 Å². The summed E-state index contributed by atoms with van der Waals surface area (Å²) in [5.74, 6) is -0.887. The van der Waals surface area contributed by atoms with Gasteiger partial charge in [0.25, 0.3) is 5.91 Å². The highest BCUT2D eigenvalue weighted by Gasteiger charge is 2.29. The topological polar surface area (TPSA) is 96.7 Å². The number of rotatable bonds is 2. The highest BCUT2D eigenvalue weighted by Crippen LogP contribution is 2.44. The van der Waals surface area contributed by atoms with Crippen LogP contribution in [0.5, 0.6) is 0 Å². The molecule has 0 saturated carbocycles. The highest BCUT2D eigenvalue weighted by atomic mass is 19.1. The average molecular weight is 373 g/mol. The largest absolute Gasteiger partial charge is 0.374 e. The van der Waals surface area contributed by atoms with Crippen molar-refractivity contribution in [3.05, 3.63) is 76.9 Å². The van der Waals surface area contributed by atoms with E-state index in [-0.39, 0.29) is 17.6 Å². The van der Waals surface area contributed by atoms with E-state index in [1.54, 1.807) is 13.0 Å². The Morgan fingerprint density at radius 3 is 2.79 bits per heavy atom. The van der Waals surface area contributed by atoms with E-state index in [2.05, 4.69) is 20.5 Å². The Balaban J connectivity index is 1.88. The van der Waals surface area contributed by atoms with Crippen LogP contribution < -0.4 is 11.1 Å². The first-order valence-electron chi connectivity index (χ1n) is 8.84. The Morgan fingerprint density at radius 1 is 1.18 bits per heavy atom. The van der Waals surface area contributed by atoms with Crippen molar-refractivity contribution in [2.24, 2.45) is 5.73 Å². The molecule has 0 fully saturated rings. The molecule has 1 unspecified atom stereocenters. The van der Waals surface area contributed by atoms with Gasteiger partial charge in [0.15, 0.2) is 11.3 Å². The summed E-state index contributed by atoms with van der Waals surface area (Å²) in [6.45, 7) is 1.74. The van der Waals surface area contributed by atoms with Gasteiger partial charge in [-0.15, -0.1) is 10.2 Å². The van der Waals surface area contributed by atoms with E-state index in [4.69, 9.17) is 5.73 Å². The molecule has 0 aliphatic carbocycles. The molecule has 4 aromatic rings. The number of H-pyrrole nitrogens is 1. The van der Waals surface area contributed by atoms with Crippen LogP contribution >= 0.6 is 0 Å². The number of fused-ring (bicyclic) bond motifs is 2. The third-order valence-electron chi connectivity index (χ3n) is 5.18. The zero-order chi connectivity index (χ0) is 19.4. The Morgan fingerprint density at radius 2 is 2.00 bits per heavy atom. The van der Waals surface area contributed by atoms with E-state index >= 15 is 0 Å². The molecule has 0 bridgehead atoms. The van der Waals surface area contributed by atoms with Gasteiger partial charge in [0, 0.05) is 34.0 Å². The summed E-state index contributed by atoms with van der Waals surface area (Å²) in [6.07, 6.45) is 1.84. The van der Waals surface area contributed by atoms with Crippen molar-refractivity contribution in [1.82, 2.24) is 15.2 Å². The number of halogens is 1. The minimum absolute atomic E-state index is 0.124. The number of benzene rings is 2. The number of nitrogens with one attached hydrogen (secondary N) is 2. The summed E-state index contributed by atoms with van der Waals surface area (Å²) in [4.78, 5) is 15.2. The third kappa shape index (κ3) is 2.29. The minimum atomic E-state index is -0.637. The van der Waals surface area contributed by atoms with Gasteiger partial charge in [-0.05, 0) is 30.2 Å². The quantitative estimate of drug-likeness (QED) is 0.499. The number of anilines is 1. The number of aromatic amines is 1. The maximum Gasteiger partial charge on any atom is 0.269 e. The van der Waals surface area contributed by atoms with Crippen LogP contribution in [0.3, 0.4) is 0 Å². The van der Waals surface area contributed by atoms with Gasteiger partial charge in [0.2, 0.25) is 0 Å². The normalized spacial score (nSPS) is 15.0. The van der Waals surface area contributed by atoms with Gasteiger partial charge in [-0.1, -0.05) is 30.3 Å². The van der Waals surface area contributed by atoms with E-state index < -0.39 is 5.91 Å². The standard InChI is InChI=1S/C21H16FN5O/c1-10-8-11(6-7-14(10)22)18-13-9-24-21-17(13)16(19(20(23)28)26-27-21)12-4-2-3-5-15(12)25-18/h2-9,18,25H,1H3,(H2,23,28)(H,24,27). The first-order valence-corrected chi connectivity index (χ1v) is 8.84. The van der Waals surface area contributed by atoms with Gasteiger partial charge in [-0.2, -0.15) is 0 Å². The van der Waals surface area contributed by atoms with Crippen LogP contribution in [0.25, 0.3) is 22.2 Å². The molecular formula is C21H16FN5O. The lowest BCUT2D eigenvalue weighted by molar-refractivity contribution is 0.0995. The molecule has 4 N–H and O–H groups in total. The summed E-state index contributed by atoms with van der Waals surface area (Å²) < 4.78 is 13.8. The number of primary amides is 1. The maximum atomic E-state index is 13.8. The number of aryl methyl sites for hydroxylation is 1. The predicted octanol–water partition coefficient (Wildman–Crippen LogP) is 3.69. The number of carbonyl (C=O) groups is 1. The maximum absolute atomic E-state index is 13.8. The van der Waals surface area contributed by atoms with Crippen LogP contribution in [0.15, 0.2) is 48.7 Å². The number of nitrogens with zero attached hydrogens (tertiary/aromatic N) is 2. The second-order valence-corrected chi connectivity index (χ2v) is 6.89. The summed E-state index contributed by atoms with van der Waals surface area (Å²) in [5, 5.41) is 12.5. The molecule has 28 heavy (non-hydrogen) atoms. The van der Waals surface area contributed by atoms with Crippen molar-refractivity contribution in [3.63, 3.8) is 0 Å². The smallest absolute Gasteiger partial charge is 0.269 e. The molecule has 1 aliphatic heterocycles. The van der Waals surface area contributed by atoms with Gasteiger partial charge >= 0.3 is 0 Å².